The Morgan fingerprint density at radius 2 is 1.64 bits per heavy atom. The van der Waals surface area contributed by atoms with Crippen molar-refractivity contribution in [3.63, 3.8) is 0 Å². The van der Waals surface area contributed by atoms with Crippen LogP contribution in [0.2, 0.25) is 0 Å². The summed E-state index contributed by atoms with van der Waals surface area (Å²) in [6.07, 6.45) is 3.16. The van der Waals surface area contributed by atoms with Gasteiger partial charge in [0.1, 0.15) is 5.69 Å². The number of carbonyl (C=O) groups is 2. The Hall–Kier alpha value is -3.47. The summed E-state index contributed by atoms with van der Waals surface area (Å²) in [6.45, 7) is 2.60. The van der Waals surface area contributed by atoms with E-state index in [9.17, 15) is 9.59 Å². The molecule has 5 nitrogen and oxygen atoms in total. The molecule has 2 aromatic carbocycles. The van der Waals surface area contributed by atoms with Gasteiger partial charge >= 0.3 is 0 Å². The fraction of sp³-hybridized carbons (Fsp3) is 0.174. The summed E-state index contributed by atoms with van der Waals surface area (Å²) in [6, 6.07) is 20.7. The minimum Gasteiger partial charge on any atom is -0.352 e. The number of pyridine rings is 1. The first-order valence-electron chi connectivity index (χ1n) is 9.34. The maximum atomic E-state index is 12.4. The third kappa shape index (κ3) is 5.27. The lowest BCUT2D eigenvalue weighted by molar-refractivity contribution is 0.0954. The van der Waals surface area contributed by atoms with Gasteiger partial charge in [-0.3, -0.25) is 14.6 Å². The van der Waals surface area contributed by atoms with Crippen LogP contribution < -0.4 is 10.6 Å². The molecule has 0 saturated heterocycles. The second-order valence-electron chi connectivity index (χ2n) is 6.43. The third-order valence-corrected chi connectivity index (χ3v) is 4.42. The zero-order valence-corrected chi connectivity index (χ0v) is 15.8. The molecule has 5 heteroatoms. The molecule has 2 N–H and O–H groups in total. The van der Waals surface area contributed by atoms with E-state index in [0.29, 0.717) is 17.8 Å². The first-order chi connectivity index (χ1) is 13.7. The number of hydrogen-bond donors (Lipinski definition) is 2. The molecule has 1 heterocycles. The smallest absolute Gasteiger partial charge is 0.274 e. The van der Waals surface area contributed by atoms with E-state index in [2.05, 4.69) is 22.5 Å². The number of amides is 2. The highest BCUT2D eigenvalue weighted by molar-refractivity contribution is 6.04. The highest BCUT2D eigenvalue weighted by Crippen LogP contribution is 2.12. The molecule has 0 spiro atoms. The maximum Gasteiger partial charge on any atom is 0.274 e. The summed E-state index contributed by atoms with van der Waals surface area (Å²) < 4.78 is 0. The van der Waals surface area contributed by atoms with Crippen LogP contribution in [0.25, 0.3) is 0 Å². The molecule has 3 aromatic rings. The summed E-state index contributed by atoms with van der Waals surface area (Å²) in [4.78, 5) is 28.9. The molecule has 3 rings (SSSR count). The van der Waals surface area contributed by atoms with Gasteiger partial charge in [0.15, 0.2) is 0 Å². The molecule has 0 fully saturated rings. The van der Waals surface area contributed by atoms with Crippen LogP contribution in [0, 0.1) is 0 Å². The van der Waals surface area contributed by atoms with Gasteiger partial charge in [-0.25, -0.2) is 0 Å². The number of rotatable bonds is 7. The van der Waals surface area contributed by atoms with Gasteiger partial charge < -0.3 is 10.6 Å². The topological polar surface area (TPSA) is 71.1 Å². The van der Waals surface area contributed by atoms with Crippen molar-refractivity contribution in [1.29, 1.82) is 0 Å². The number of nitrogens with zero attached hydrogens (tertiary/aromatic N) is 1. The lowest BCUT2D eigenvalue weighted by atomic mass is 10.1. The predicted molar refractivity (Wildman–Crippen MR) is 110 cm³/mol. The number of aromatic nitrogens is 1. The molecule has 0 unspecified atom stereocenters. The average molecular weight is 373 g/mol. The Kier molecular flexibility index (Phi) is 6.52. The van der Waals surface area contributed by atoms with Crippen molar-refractivity contribution in [2.24, 2.45) is 0 Å². The van der Waals surface area contributed by atoms with Crippen molar-refractivity contribution in [2.75, 3.05) is 11.9 Å². The van der Waals surface area contributed by atoms with E-state index in [4.69, 9.17) is 0 Å². The summed E-state index contributed by atoms with van der Waals surface area (Å²) in [5.74, 6) is -0.567. The van der Waals surface area contributed by atoms with Crippen LogP contribution >= 0.6 is 0 Å². The number of hydrogen-bond acceptors (Lipinski definition) is 3. The SMILES string of the molecule is CCc1ccc(NC(=O)c2cc(C(=O)NCCc3ccccc3)ccn2)cc1. The molecular formula is C23H23N3O2. The molecule has 2 amide bonds. The third-order valence-electron chi connectivity index (χ3n) is 4.42. The second kappa shape index (κ2) is 9.46. The molecule has 0 aliphatic rings. The van der Waals surface area contributed by atoms with Crippen molar-refractivity contribution < 1.29 is 9.59 Å². The maximum absolute atomic E-state index is 12.4. The zero-order valence-electron chi connectivity index (χ0n) is 15.8. The molecule has 0 radical (unpaired) electrons. The number of benzene rings is 2. The first kappa shape index (κ1) is 19.3. The van der Waals surface area contributed by atoms with Crippen molar-refractivity contribution >= 4 is 17.5 Å². The minimum absolute atomic E-state index is 0.204. The van der Waals surface area contributed by atoms with E-state index >= 15 is 0 Å². The fourth-order valence-corrected chi connectivity index (χ4v) is 2.78. The van der Waals surface area contributed by atoms with Crippen molar-refractivity contribution in [2.45, 2.75) is 19.8 Å². The fourth-order valence-electron chi connectivity index (χ4n) is 2.78. The normalized spacial score (nSPS) is 10.3. The summed E-state index contributed by atoms with van der Waals surface area (Å²) >= 11 is 0. The monoisotopic (exact) mass is 373 g/mol. The van der Waals surface area contributed by atoms with Gasteiger partial charge in [0.25, 0.3) is 11.8 Å². The predicted octanol–water partition coefficient (Wildman–Crippen LogP) is 3.87. The summed E-state index contributed by atoms with van der Waals surface area (Å²) in [7, 11) is 0. The van der Waals surface area contributed by atoms with Crippen molar-refractivity contribution in [3.8, 4) is 0 Å². The van der Waals surface area contributed by atoms with Crippen molar-refractivity contribution in [3.05, 3.63) is 95.3 Å². The summed E-state index contributed by atoms with van der Waals surface area (Å²) in [5, 5.41) is 5.68. The molecule has 28 heavy (non-hydrogen) atoms. The molecule has 0 aliphatic heterocycles. The quantitative estimate of drug-likeness (QED) is 0.660. The molecule has 0 aliphatic carbocycles. The van der Waals surface area contributed by atoms with Gasteiger partial charge in [0, 0.05) is 24.0 Å². The Morgan fingerprint density at radius 1 is 0.893 bits per heavy atom. The molecular weight excluding hydrogens is 350 g/mol. The lowest BCUT2D eigenvalue weighted by Gasteiger charge is -2.08. The van der Waals surface area contributed by atoms with Crippen LogP contribution in [-0.4, -0.2) is 23.3 Å². The molecule has 0 saturated carbocycles. The van der Waals surface area contributed by atoms with Gasteiger partial charge in [0.05, 0.1) is 0 Å². The van der Waals surface area contributed by atoms with Gasteiger partial charge in [0.2, 0.25) is 0 Å². The standard InChI is InChI=1S/C23H23N3O2/c1-2-17-8-10-20(11-9-17)26-23(28)21-16-19(13-15-24-21)22(27)25-14-12-18-6-4-3-5-7-18/h3-11,13,15-16H,2,12,14H2,1H3,(H,25,27)(H,26,28). The second-order valence-corrected chi connectivity index (χ2v) is 6.43. The highest BCUT2D eigenvalue weighted by atomic mass is 16.2. The van der Waals surface area contributed by atoms with Gasteiger partial charge in [-0.1, -0.05) is 49.4 Å². The number of anilines is 1. The Bertz CT molecular complexity index is 938. The van der Waals surface area contributed by atoms with Crippen LogP contribution in [0.15, 0.2) is 72.9 Å². The van der Waals surface area contributed by atoms with Crippen LogP contribution in [0.1, 0.15) is 38.9 Å². The number of carbonyl (C=O) groups excluding carboxylic acids is 2. The van der Waals surface area contributed by atoms with Crippen LogP contribution in [0.3, 0.4) is 0 Å². The molecule has 0 bridgehead atoms. The van der Waals surface area contributed by atoms with Crippen LogP contribution in [0.4, 0.5) is 5.69 Å². The van der Waals surface area contributed by atoms with E-state index in [1.54, 1.807) is 6.07 Å². The molecule has 1 aromatic heterocycles. The lowest BCUT2D eigenvalue weighted by Crippen LogP contribution is -2.26. The van der Waals surface area contributed by atoms with Gasteiger partial charge in [-0.2, -0.15) is 0 Å². The van der Waals surface area contributed by atoms with Crippen LogP contribution in [0.5, 0.6) is 0 Å². The van der Waals surface area contributed by atoms with Crippen LogP contribution in [-0.2, 0) is 12.8 Å². The van der Waals surface area contributed by atoms with E-state index in [-0.39, 0.29) is 17.5 Å². The number of aryl methyl sites for hydroxylation is 1. The largest absolute Gasteiger partial charge is 0.352 e. The number of nitrogens with one attached hydrogen (secondary N) is 2. The van der Waals surface area contributed by atoms with E-state index in [1.807, 2.05) is 54.6 Å². The van der Waals surface area contributed by atoms with E-state index < -0.39 is 0 Å². The van der Waals surface area contributed by atoms with Crippen molar-refractivity contribution in [1.82, 2.24) is 10.3 Å². The Balaban J connectivity index is 1.58. The van der Waals surface area contributed by atoms with Gasteiger partial charge in [-0.05, 0) is 48.2 Å². The minimum atomic E-state index is -0.344. The van der Waals surface area contributed by atoms with E-state index in [0.717, 1.165) is 18.4 Å². The highest BCUT2D eigenvalue weighted by Gasteiger charge is 2.12. The Morgan fingerprint density at radius 3 is 2.36 bits per heavy atom. The molecule has 0 atom stereocenters. The summed E-state index contributed by atoms with van der Waals surface area (Å²) in [5.41, 5.74) is 3.67. The van der Waals surface area contributed by atoms with E-state index in [1.165, 1.54) is 17.8 Å². The molecule has 142 valence electrons. The average Bonchev–Trinajstić information content (AvgIpc) is 2.75. The first-order valence-corrected chi connectivity index (χ1v) is 9.34. The van der Waals surface area contributed by atoms with Gasteiger partial charge in [-0.15, -0.1) is 0 Å². The Labute approximate surface area is 164 Å². The zero-order chi connectivity index (χ0) is 19.8.